The topological polar surface area (TPSA) is 94.2 Å². The van der Waals surface area contributed by atoms with Crippen molar-refractivity contribution in [1.82, 2.24) is 25.3 Å². The highest BCUT2D eigenvalue weighted by Gasteiger charge is 2.39. The smallest absolute Gasteiger partial charge is 0.338 e. The summed E-state index contributed by atoms with van der Waals surface area (Å²) < 4.78 is 5.45. The summed E-state index contributed by atoms with van der Waals surface area (Å²) in [7, 11) is 0. The van der Waals surface area contributed by atoms with Gasteiger partial charge in [0, 0.05) is 50.5 Å². The lowest BCUT2D eigenvalue weighted by atomic mass is 9.94. The molecule has 9 nitrogen and oxygen atoms in total. The Morgan fingerprint density at radius 3 is 2.55 bits per heavy atom. The normalized spacial score (nSPS) is 19.1. The molecule has 0 spiro atoms. The van der Waals surface area contributed by atoms with E-state index in [1.165, 1.54) is 4.90 Å². The van der Waals surface area contributed by atoms with Crippen LogP contribution in [0, 0.1) is 0 Å². The van der Waals surface area contributed by atoms with Gasteiger partial charge in [-0.25, -0.2) is 14.4 Å². The summed E-state index contributed by atoms with van der Waals surface area (Å²) in [5.74, 6) is -0.520. The number of halogens is 2. The maximum Gasteiger partial charge on any atom is 0.338 e. The Morgan fingerprint density at radius 2 is 1.92 bits per heavy atom. The van der Waals surface area contributed by atoms with Crippen molar-refractivity contribution in [2.45, 2.75) is 45.7 Å². The van der Waals surface area contributed by atoms with Crippen molar-refractivity contribution in [2.75, 3.05) is 45.9 Å². The lowest BCUT2D eigenvalue weighted by molar-refractivity contribution is -0.139. The molecule has 2 aliphatic rings. The van der Waals surface area contributed by atoms with Crippen molar-refractivity contribution < 1.29 is 19.1 Å². The molecule has 2 aliphatic heterocycles. The number of benzene rings is 1. The first-order valence-corrected chi connectivity index (χ1v) is 13.5. The van der Waals surface area contributed by atoms with Crippen LogP contribution < -0.4 is 10.6 Å². The van der Waals surface area contributed by atoms with Gasteiger partial charge in [0.05, 0.1) is 28.3 Å². The van der Waals surface area contributed by atoms with Crippen molar-refractivity contribution in [3.8, 4) is 0 Å². The molecule has 0 bridgehead atoms. The maximum atomic E-state index is 13.4. The number of urea groups is 2. The molecule has 0 aromatic heterocycles. The average Bonchev–Trinajstić information content (AvgIpc) is 3.07. The minimum Gasteiger partial charge on any atom is -0.463 e. The molecule has 2 N–H and O–H groups in total. The van der Waals surface area contributed by atoms with E-state index in [1.54, 1.807) is 36.1 Å². The molecule has 38 heavy (non-hydrogen) atoms. The Morgan fingerprint density at radius 1 is 1.18 bits per heavy atom. The van der Waals surface area contributed by atoms with Gasteiger partial charge < -0.3 is 20.3 Å². The number of esters is 1. The average molecular weight is 567 g/mol. The largest absolute Gasteiger partial charge is 0.463 e. The predicted octanol–water partition coefficient (Wildman–Crippen LogP) is 4.58. The van der Waals surface area contributed by atoms with Crippen molar-refractivity contribution >= 4 is 41.2 Å². The zero-order valence-corrected chi connectivity index (χ0v) is 24.0. The highest BCUT2D eigenvalue weighted by atomic mass is 35.5. The zero-order valence-electron chi connectivity index (χ0n) is 22.5. The van der Waals surface area contributed by atoms with Crippen LogP contribution in [0.4, 0.5) is 9.59 Å². The molecule has 1 saturated heterocycles. The maximum absolute atomic E-state index is 13.4. The van der Waals surface area contributed by atoms with E-state index >= 15 is 0 Å². The Hall–Kier alpha value is -2.75. The summed E-state index contributed by atoms with van der Waals surface area (Å²) in [6.45, 7) is 14.5. The van der Waals surface area contributed by atoms with Gasteiger partial charge in [-0.2, -0.15) is 0 Å². The van der Waals surface area contributed by atoms with Crippen LogP contribution in [0.2, 0.25) is 10.0 Å². The molecule has 1 aromatic rings. The van der Waals surface area contributed by atoms with Gasteiger partial charge in [-0.3, -0.25) is 9.80 Å². The monoisotopic (exact) mass is 565 g/mol. The number of carbonyl (C=O) groups is 3. The van der Waals surface area contributed by atoms with Crippen LogP contribution in [-0.4, -0.2) is 84.1 Å². The number of rotatable bonds is 7. The minimum absolute atomic E-state index is 0.101. The minimum atomic E-state index is -0.770. The van der Waals surface area contributed by atoms with E-state index in [4.69, 9.17) is 27.9 Å². The quantitative estimate of drug-likeness (QED) is 0.373. The number of nitrogens with zero attached hydrogens (tertiary/aromatic N) is 3. The van der Waals surface area contributed by atoms with Crippen LogP contribution in [0.5, 0.6) is 0 Å². The summed E-state index contributed by atoms with van der Waals surface area (Å²) in [5.41, 5.74) is 1.16. The standard InChI is InChI=1S/C27H37Cl2N5O4/c1-6-11-34-21(17-32-12-8-13-33(15-14-32)26(37)31-27(3,4)5)22(24(35)38-7-2)23(30-25(34)36)18-9-10-19(28)20(29)16-18/h6,9-10,16,23H,1,7-8,11-15,17H2,2-5H3,(H,30,36)(H,31,37). The first-order valence-electron chi connectivity index (χ1n) is 12.8. The Bertz CT molecular complexity index is 1100. The molecule has 4 amide bonds. The van der Waals surface area contributed by atoms with Gasteiger partial charge in [-0.05, 0) is 51.8 Å². The second kappa shape index (κ2) is 12.9. The van der Waals surface area contributed by atoms with Crippen molar-refractivity contribution in [1.29, 1.82) is 0 Å². The van der Waals surface area contributed by atoms with Crippen LogP contribution >= 0.6 is 23.2 Å². The van der Waals surface area contributed by atoms with E-state index < -0.39 is 12.0 Å². The molecule has 0 saturated carbocycles. The SMILES string of the molecule is C=CCN1C(=O)NC(c2ccc(Cl)c(Cl)c2)C(C(=O)OCC)=C1CN1CCCN(C(=O)NC(C)(C)C)CC1. The van der Waals surface area contributed by atoms with Crippen LogP contribution in [0.15, 0.2) is 42.1 Å². The summed E-state index contributed by atoms with van der Waals surface area (Å²) >= 11 is 12.4. The second-order valence-electron chi connectivity index (χ2n) is 10.3. The summed E-state index contributed by atoms with van der Waals surface area (Å²) in [6.07, 6.45) is 2.37. The van der Waals surface area contributed by atoms with Crippen LogP contribution in [0.1, 0.15) is 45.7 Å². The van der Waals surface area contributed by atoms with E-state index in [0.29, 0.717) is 59.6 Å². The second-order valence-corrected chi connectivity index (χ2v) is 11.1. The Labute approximate surface area is 234 Å². The zero-order chi connectivity index (χ0) is 28.0. The molecule has 0 aliphatic carbocycles. The number of hydrogen-bond acceptors (Lipinski definition) is 5. The molecule has 0 radical (unpaired) electrons. The molecular weight excluding hydrogens is 529 g/mol. The molecule has 3 rings (SSSR count). The number of hydrogen-bond donors (Lipinski definition) is 2. The molecule has 1 aromatic carbocycles. The summed E-state index contributed by atoms with van der Waals surface area (Å²) in [6, 6.07) is 3.79. The van der Waals surface area contributed by atoms with Gasteiger partial charge in [-0.15, -0.1) is 6.58 Å². The number of nitrogens with one attached hydrogen (secondary N) is 2. The Balaban J connectivity index is 1.97. The van der Waals surface area contributed by atoms with Crippen molar-refractivity contribution in [3.05, 3.63) is 57.7 Å². The third-order valence-corrected chi connectivity index (χ3v) is 6.99. The van der Waals surface area contributed by atoms with Crippen LogP contribution in [-0.2, 0) is 9.53 Å². The van der Waals surface area contributed by atoms with Crippen molar-refractivity contribution in [2.24, 2.45) is 0 Å². The lowest BCUT2D eigenvalue weighted by Crippen LogP contribution is -2.51. The van der Waals surface area contributed by atoms with Gasteiger partial charge in [0.25, 0.3) is 0 Å². The fraction of sp³-hybridized carbons (Fsp3) is 0.519. The third kappa shape index (κ3) is 7.42. The molecule has 1 atom stereocenters. The molecule has 11 heteroatoms. The number of carbonyl (C=O) groups excluding carboxylic acids is 3. The summed E-state index contributed by atoms with van der Waals surface area (Å²) in [5, 5.41) is 6.63. The van der Waals surface area contributed by atoms with E-state index in [9.17, 15) is 14.4 Å². The van der Waals surface area contributed by atoms with Gasteiger partial charge in [-0.1, -0.05) is 35.3 Å². The van der Waals surface area contributed by atoms with Gasteiger partial charge in [0.15, 0.2) is 0 Å². The molecule has 1 fully saturated rings. The fourth-order valence-electron chi connectivity index (χ4n) is 4.53. The summed E-state index contributed by atoms with van der Waals surface area (Å²) in [4.78, 5) is 44.9. The van der Waals surface area contributed by atoms with E-state index in [-0.39, 0.29) is 30.8 Å². The first kappa shape index (κ1) is 29.8. The molecule has 2 heterocycles. The third-order valence-electron chi connectivity index (χ3n) is 6.25. The van der Waals surface area contributed by atoms with Crippen LogP contribution in [0.25, 0.3) is 0 Å². The number of ether oxygens (including phenoxy) is 1. The predicted molar refractivity (Wildman–Crippen MR) is 149 cm³/mol. The highest BCUT2D eigenvalue weighted by molar-refractivity contribution is 6.42. The van der Waals surface area contributed by atoms with Gasteiger partial charge in [0.1, 0.15) is 0 Å². The first-order chi connectivity index (χ1) is 17.9. The fourth-order valence-corrected chi connectivity index (χ4v) is 4.84. The van der Waals surface area contributed by atoms with Crippen molar-refractivity contribution in [3.63, 3.8) is 0 Å². The molecular formula is C27H37Cl2N5O4. The van der Waals surface area contributed by atoms with E-state index in [1.807, 2.05) is 20.8 Å². The van der Waals surface area contributed by atoms with Gasteiger partial charge in [0.2, 0.25) is 0 Å². The number of amides is 4. The van der Waals surface area contributed by atoms with Gasteiger partial charge >= 0.3 is 18.0 Å². The molecule has 1 unspecified atom stereocenters. The Kier molecular flexibility index (Phi) is 10.1. The van der Waals surface area contributed by atoms with E-state index in [2.05, 4.69) is 22.1 Å². The highest BCUT2D eigenvalue weighted by Crippen LogP contribution is 2.35. The lowest BCUT2D eigenvalue weighted by Gasteiger charge is -2.38. The van der Waals surface area contributed by atoms with E-state index in [0.717, 1.165) is 6.42 Å². The molecule has 208 valence electrons. The van der Waals surface area contributed by atoms with Crippen LogP contribution in [0.3, 0.4) is 0 Å².